The summed E-state index contributed by atoms with van der Waals surface area (Å²) in [6, 6.07) is 12.5. The van der Waals surface area contributed by atoms with Crippen LogP contribution in [0.15, 0.2) is 47.8 Å². The van der Waals surface area contributed by atoms with Gasteiger partial charge in [-0.05, 0) is 36.3 Å². The maximum Gasteiger partial charge on any atom is 0.344 e. The first kappa shape index (κ1) is 22.4. The van der Waals surface area contributed by atoms with Crippen LogP contribution in [-0.2, 0) is 26.4 Å². The number of hydrazine groups is 1. The SMILES string of the molecule is CCC1(c2ccccc2)NC(=O)N(NC(=O)CN(Cc2cccs2)CC2CCCO2)C1=O. The molecule has 0 spiro atoms. The van der Waals surface area contributed by atoms with Crippen molar-refractivity contribution in [3.8, 4) is 0 Å². The predicted molar refractivity (Wildman–Crippen MR) is 121 cm³/mol. The monoisotopic (exact) mass is 456 g/mol. The van der Waals surface area contributed by atoms with Crippen LogP contribution in [0, 0.1) is 0 Å². The molecule has 8 nitrogen and oxygen atoms in total. The van der Waals surface area contributed by atoms with Gasteiger partial charge < -0.3 is 10.1 Å². The number of ether oxygens (including phenoxy) is 1. The van der Waals surface area contributed by atoms with E-state index in [1.54, 1.807) is 23.5 Å². The van der Waals surface area contributed by atoms with Gasteiger partial charge in [-0.15, -0.1) is 11.3 Å². The smallest absolute Gasteiger partial charge is 0.344 e. The lowest BCUT2D eigenvalue weighted by atomic mass is 9.87. The molecular formula is C23H28N4O4S. The molecule has 2 aliphatic rings. The fourth-order valence-corrected chi connectivity index (χ4v) is 5.03. The number of hydrogen-bond donors (Lipinski definition) is 2. The minimum atomic E-state index is -1.18. The Morgan fingerprint density at radius 2 is 2.09 bits per heavy atom. The van der Waals surface area contributed by atoms with Crippen LogP contribution in [0.2, 0.25) is 0 Å². The number of benzene rings is 1. The third-order valence-electron chi connectivity index (χ3n) is 5.94. The number of carbonyl (C=O) groups is 3. The summed E-state index contributed by atoms with van der Waals surface area (Å²) in [5, 5.41) is 5.59. The molecule has 2 aromatic rings. The summed E-state index contributed by atoms with van der Waals surface area (Å²) in [6.45, 7) is 3.85. The average Bonchev–Trinajstić information content (AvgIpc) is 3.54. The fraction of sp³-hybridized carbons (Fsp3) is 0.435. The fourth-order valence-electron chi connectivity index (χ4n) is 4.29. The van der Waals surface area contributed by atoms with E-state index in [4.69, 9.17) is 4.74 Å². The lowest BCUT2D eigenvalue weighted by molar-refractivity contribution is -0.140. The predicted octanol–water partition coefficient (Wildman–Crippen LogP) is 2.62. The molecule has 1 aromatic carbocycles. The molecule has 1 aromatic heterocycles. The second kappa shape index (κ2) is 9.81. The van der Waals surface area contributed by atoms with Gasteiger partial charge in [0.15, 0.2) is 0 Å². The quantitative estimate of drug-likeness (QED) is 0.566. The molecule has 4 rings (SSSR count). The van der Waals surface area contributed by atoms with Crippen LogP contribution in [0.1, 0.15) is 36.6 Å². The van der Waals surface area contributed by atoms with Gasteiger partial charge in [0.25, 0.3) is 11.8 Å². The maximum absolute atomic E-state index is 13.2. The van der Waals surface area contributed by atoms with E-state index >= 15 is 0 Å². The second-order valence-electron chi connectivity index (χ2n) is 8.11. The van der Waals surface area contributed by atoms with Crippen LogP contribution in [-0.4, -0.2) is 53.6 Å². The van der Waals surface area contributed by atoms with E-state index in [0.717, 1.165) is 29.3 Å². The molecule has 0 saturated carbocycles. The van der Waals surface area contributed by atoms with Crippen molar-refractivity contribution in [1.29, 1.82) is 0 Å². The highest BCUT2D eigenvalue weighted by atomic mass is 32.1. The van der Waals surface area contributed by atoms with Crippen molar-refractivity contribution in [2.45, 2.75) is 44.4 Å². The number of imide groups is 1. The zero-order chi connectivity index (χ0) is 22.6. The summed E-state index contributed by atoms with van der Waals surface area (Å²) in [5.41, 5.74) is 2.04. The molecule has 0 aliphatic carbocycles. The Hall–Kier alpha value is -2.75. The topological polar surface area (TPSA) is 91.0 Å². The van der Waals surface area contributed by atoms with Crippen molar-refractivity contribution >= 4 is 29.2 Å². The summed E-state index contributed by atoms with van der Waals surface area (Å²) in [5.74, 6) is -0.892. The zero-order valence-electron chi connectivity index (χ0n) is 18.1. The standard InChI is InChI=1S/C23H28N4O4S/c1-2-23(17-8-4-3-5-9-17)21(29)27(22(30)24-23)25-20(28)16-26(14-18-10-6-12-31-18)15-19-11-7-13-32-19/h3-5,7-9,11,13,18H,2,6,10,12,14-16H2,1H3,(H,24,30)(H,25,28). The van der Waals surface area contributed by atoms with Crippen molar-refractivity contribution in [2.24, 2.45) is 0 Å². The van der Waals surface area contributed by atoms with Crippen LogP contribution in [0.4, 0.5) is 4.79 Å². The average molecular weight is 457 g/mol. The summed E-state index contributed by atoms with van der Waals surface area (Å²) in [6.07, 6.45) is 2.44. The van der Waals surface area contributed by atoms with Crippen molar-refractivity contribution in [3.05, 3.63) is 58.3 Å². The van der Waals surface area contributed by atoms with Gasteiger partial charge in [0, 0.05) is 24.6 Å². The van der Waals surface area contributed by atoms with Crippen molar-refractivity contribution in [2.75, 3.05) is 19.7 Å². The van der Waals surface area contributed by atoms with Gasteiger partial charge in [-0.2, -0.15) is 5.01 Å². The number of thiophene rings is 1. The zero-order valence-corrected chi connectivity index (χ0v) is 18.9. The molecule has 9 heteroatoms. The minimum absolute atomic E-state index is 0.0548. The second-order valence-corrected chi connectivity index (χ2v) is 9.15. The number of rotatable bonds is 9. The van der Waals surface area contributed by atoms with Gasteiger partial charge in [-0.1, -0.05) is 43.3 Å². The summed E-state index contributed by atoms with van der Waals surface area (Å²) in [7, 11) is 0. The van der Waals surface area contributed by atoms with E-state index in [-0.39, 0.29) is 12.6 Å². The number of carbonyl (C=O) groups excluding carboxylic acids is 3. The van der Waals surface area contributed by atoms with E-state index < -0.39 is 23.4 Å². The third-order valence-corrected chi connectivity index (χ3v) is 6.80. The highest BCUT2D eigenvalue weighted by molar-refractivity contribution is 7.09. The summed E-state index contributed by atoms with van der Waals surface area (Å²) < 4.78 is 5.74. The Bertz CT molecular complexity index is 946. The van der Waals surface area contributed by atoms with Crippen LogP contribution in [0.3, 0.4) is 0 Å². The van der Waals surface area contributed by atoms with E-state index in [0.29, 0.717) is 25.1 Å². The molecule has 3 heterocycles. The van der Waals surface area contributed by atoms with Crippen LogP contribution < -0.4 is 10.7 Å². The Kier molecular flexibility index (Phi) is 6.88. The van der Waals surface area contributed by atoms with Gasteiger partial charge in [-0.3, -0.25) is 19.9 Å². The van der Waals surface area contributed by atoms with Gasteiger partial charge in [0.05, 0.1) is 12.6 Å². The van der Waals surface area contributed by atoms with Gasteiger partial charge in [-0.25, -0.2) is 4.79 Å². The number of nitrogens with one attached hydrogen (secondary N) is 2. The van der Waals surface area contributed by atoms with E-state index in [2.05, 4.69) is 10.7 Å². The van der Waals surface area contributed by atoms with Crippen LogP contribution in [0.5, 0.6) is 0 Å². The molecule has 4 amide bonds. The Morgan fingerprint density at radius 1 is 1.28 bits per heavy atom. The molecule has 2 aliphatic heterocycles. The molecule has 32 heavy (non-hydrogen) atoms. The molecular weight excluding hydrogens is 428 g/mol. The number of nitrogens with zero attached hydrogens (tertiary/aromatic N) is 2. The minimum Gasteiger partial charge on any atom is -0.377 e. The van der Waals surface area contributed by atoms with Crippen molar-refractivity contribution < 1.29 is 19.1 Å². The molecule has 2 unspecified atom stereocenters. The maximum atomic E-state index is 13.2. The Morgan fingerprint density at radius 3 is 2.75 bits per heavy atom. The van der Waals surface area contributed by atoms with Crippen molar-refractivity contribution in [3.63, 3.8) is 0 Å². The molecule has 0 bridgehead atoms. The first-order valence-electron chi connectivity index (χ1n) is 10.9. The van der Waals surface area contributed by atoms with Gasteiger partial charge in [0.1, 0.15) is 5.54 Å². The Balaban J connectivity index is 1.44. The van der Waals surface area contributed by atoms with Gasteiger partial charge >= 0.3 is 6.03 Å². The summed E-state index contributed by atoms with van der Waals surface area (Å²) >= 11 is 1.63. The number of hydrogen-bond acceptors (Lipinski definition) is 6. The first-order chi connectivity index (χ1) is 15.5. The number of amides is 4. The van der Waals surface area contributed by atoms with E-state index in [1.165, 1.54) is 0 Å². The lowest BCUT2D eigenvalue weighted by Gasteiger charge is -2.26. The Labute approximate surface area is 191 Å². The largest absolute Gasteiger partial charge is 0.377 e. The van der Waals surface area contributed by atoms with Gasteiger partial charge in [0.2, 0.25) is 0 Å². The molecule has 2 saturated heterocycles. The third kappa shape index (κ3) is 4.69. The molecule has 0 radical (unpaired) electrons. The lowest BCUT2D eigenvalue weighted by Crippen LogP contribution is -2.51. The first-order valence-corrected chi connectivity index (χ1v) is 11.8. The number of urea groups is 1. The molecule has 2 fully saturated rings. The molecule has 2 atom stereocenters. The molecule has 2 N–H and O–H groups in total. The highest BCUT2D eigenvalue weighted by Crippen LogP contribution is 2.31. The van der Waals surface area contributed by atoms with E-state index in [1.807, 2.05) is 47.5 Å². The van der Waals surface area contributed by atoms with Crippen LogP contribution >= 0.6 is 11.3 Å². The summed E-state index contributed by atoms with van der Waals surface area (Å²) in [4.78, 5) is 41.9. The highest BCUT2D eigenvalue weighted by Gasteiger charge is 2.52. The van der Waals surface area contributed by atoms with Crippen molar-refractivity contribution in [1.82, 2.24) is 20.7 Å². The van der Waals surface area contributed by atoms with E-state index in [9.17, 15) is 14.4 Å². The normalized spacial score (nSPS) is 23.1. The molecule has 170 valence electrons. The van der Waals surface area contributed by atoms with Crippen LogP contribution in [0.25, 0.3) is 0 Å².